The van der Waals surface area contributed by atoms with Crippen molar-refractivity contribution in [1.29, 1.82) is 0 Å². The van der Waals surface area contributed by atoms with Crippen molar-refractivity contribution >= 4 is 16.9 Å². The van der Waals surface area contributed by atoms with Gasteiger partial charge in [0.25, 0.3) is 5.91 Å². The number of benzene rings is 3. The molecular weight excluding hydrogens is 378 g/mol. The van der Waals surface area contributed by atoms with E-state index in [1.807, 2.05) is 72.8 Å². The second kappa shape index (κ2) is 9.05. The molecule has 1 aromatic heterocycles. The van der Waals surface area contributed by atoms with Crippen LogP contribution in [0, 0.1) is 0 Å². The second-order valence-corrected chi connectivity index (χ2v) is 6.69. The van der Waals surface area contributed by atoms with Gasteiger partial charge in [0.15, 0.2) is 6.61 Å². The summed E-state index contributed by atoms with van der Waals surface area (Å²) in [6, 6.07) is 22.8. The van der Waals surface area contributed by atoms with Gasteiger partial charge in [0.2, 0.25) is 0 Å². The Balaban J connectivity index is 1.32. The summed E-state index contributed by atoms with van der Waals surface area (Å²) in [5, 5.41) is 2.84. The van der Waals surface area contributed by atoms with Crippen molar-refractivity contribution in [2.45, 2.75) is 6.54 Å². The van der Waals surface area contributed by atoms with E-state index in [9.17, 15) is 4.79 Å². The van der Waals surface area contributed by atoms with E-state index in [2.05, 4.69) is 15.3 Å². The number of rotatable bonds is 7. The highest BCUT2D eigenvalue weighted by molar-refractivity contribution is 5.78. The number of carbonyl (C=O) groups is 1. The molecule has 150 valence electrons. The lowest BCUT2D eigenvalue weighted by molar-refractivity contribution is -0.123. The molecule has 0 bridgehead atoms. The van der Waals surface area contributed by atoms with Crippen molar-refractivity contribution in [1.82, 2.24) is 15.3 Å². The van der Waals surface area contributed by atoms with E-state index in [0.29, 0.717) is 12.3 Å². The summed E-state index contributed by atoms with van der Waals surface area (Å²) < 4.78 is 10.8. The van der Waals surface area contributed by atoms with Crippen LogP contribution in [0.15, 0.2) is 79.0 Å². The molecule has 3 aromatic carbocycles. The average Bonchev–Trinajstić information content (AvgIpc) is 2.81. The monoisotopic (exact) mass is 399 g/mol. The van der Waals surface area contributed by atoms with E-state index in [1.165, 1.54) is 0 Å². The number of carbonyl (C=O) groups excluding carboxylic acids is 1. The van der Waals surface area contributed by atoms with Gasteiger partial charge in [0.05, 0.1) is 30.0 Å². The minimum Gasteiger partial charge on any atom is -0.497 e. The van der Waals surface area contributed by atoms with Crippen LogP contribution >= 0.6 is 0 Å². The molecule has 30 heavy (non-hydrogen) atoms. The quantitative estimate of drug-likeness (QED) is 0.508. The van der Waals surface area contributed by atoms with E-state index in [0.717, 1.165) is 33.6 Å². The highest BCUT2D eigenvalue weighted by Gasteiger charge is 2.06. The maximum absolute atomic E-state index is 12.1. The number of fused-ring (bicyclic) bond motifs is 1. The zero-order valence-electron chi connectivity index (χ0n) is 16.5. The smallest absolute Gasteiger partial charge is 0.258 e. The number of aromatic nitrogens is 2. The van der Waals surface area contributed by atoms with Crippen molar-refractivity contribution in [2.75, 3.05) is 13.7 Å². The standard InChI is InChI=1S/C24H21N3O3/c1-29-20-6-4-5-17(13-20)14-26-24(28)16-30-19-11-9-18(10-12-19)23-15-25-21-7-2-3-8-22(21)27-23/h2-13,15H,14,16H2,1H3,(H,26,28). The first-order valence-electron chi connectivity index (χ1n) is 9.56. The van der Waals surface area contributed by atoms with Crippen LogP contribution < -0.4 is 14.8 Å². The van der Waals surface area contributed by atoms with Crippen molar-refractivity contribution in [3.8, 4) is 22.8 Å². The van der Waals surface area contributed by atoms with Gasteiger partial charge in [-0.2, -0.15) is 0 Å². The molecule has 0 atom stereocenters. The molecule has 1 N–H and O–H groups in total. The third-order valence-corrected chi connectivity index (χ3v) is 4.59. The fourth-order valence-corrected chi connectivity index (χ4v) is 3.00. The molecule has 0 saturated heterocycles. The normalized spacial score (nSPS) is 10.6. The molecular formula is C24H21N3O3. The largest absolute Gasteiger partial charge is 0.497 e. The Kier molecular flexibility index (Phi) is 5.85. The van der Waals surface area contributed by atoms with Gasteiger partial charge in [0, 0.05) is 12.1 Å². The van der Waals surface area contributed by atoms with E-state index in [1.54, 1.807) is 13.3 Å². The molecule has 0 fully saturated rings. The second-order valence-electron chi connectivity index (χ2n) is 6.69. The lowest BCUT2D eigenvalue weighted by atomic mass is 10.1. The van der Waals surface area contributed by atoms with Crippen LogP contribution in [0.4, 0.5) is 0 Å². The highest BCUT2D eigenvalue weighted by atomic mass is 16.5. The zero-order valence-corrected chi connectivity index (χ0v) is 16.5. The summed E-state index contributed by atoms with van der Waals surface area (Å²) in [5.41, 5.74) is 4.40. The van der Waals surface area contributed by atoms with Gasteiger partial charge in [-0.25, -0.2) is 4.98 Å². The van der Waals surface area contributed by atoms with Crippen LogP contribution in [-0.2, 0) is 11.3 Å². The van der Waals surface area contributed by atoms with Crippen molar-refractivity contribution in [3.63, 3.8) is 0 Å². The summed E-state index contributed by atoms with van der Waals surface area (Å²) in [7, 11) is 1.61. The first kappa shape index (κ1) is 19.4. The molecule has 0 aliphatic carbocycles. The number of nitrogens with zero attached hydrogens (tertiary/aromatic N) is 2. The number of para-hydroxylation sites is 2. The maximum Gasteiger partial charge on any atom is 0.258 e. The highest BCUT2D eigenvalue weighted by Crippen LogP contribution is 2.22. The lowest BCUT2D eigenvalue weighted by Gasteiger charge is -2.09. The minimum absolute atomic E-state index is 0.0565. The van der Waals surface area contributed by atoms with Crippen LogP contribution in [-0.4, -0.2) is 29.6 Å². The summed E-state index contributed by atoms with van der Waals surface area (Å²) in [6.45, 7) is 0.359. The topological polar surface area (TPSA) is 73.3 Å². The zero-order chi connectivity index (χ0) is 20.8. The summed E-state index contributed by atoms with van der Waals surface area (Å²) in [5.74, 6) is 1.18. The molecule has 0 radical (unpaired) electrons. The predicted octanol–water partition coefficient (Wildman–Crippen LogP) is 4.00. The van der Waals surface area contributed by atoms with Gasteiger partial charge in [-0.05, 0) is 54.1 Å². The molecule has 0 aliphatic heterocycles. The van der Waals surface area contributed by atoms with E-state index in [4.69, 9.17) is 9.47 Å². The van der Waals surface area contributed by atoms with Gasteiger partial charge < -0.3 is 14.8 Å². The number of nitrogens with one attached hydrogen (secondary N) is 1. The van der Waals surface area contributed by atoms with Gasteiger partial charge in [-0.1, -0.05) is 24.3 Å². The average molecular weight is 399 g/mol. The summed E-state index contributed by atoms with van der Waals surface area (Å²) >= 11 is 0. The molecule has 0 aliphatic rings. The van der Waals surface area contributed by atoms with Gasteiger partial charge in [0.1, 0.15) is 11.5 Å². The van der Waals surface area contributed by atoms with Gasteiger partial charge >= 0.3 is 0 Å². The molecule has 6 nitrogen and oxygen atoms in total. The van der Waals surface area contributed by atoms with Crippen LogP contribution in [0.3, 0.4) is 0 Å². The van der Waals surface area contributed by atoms with Crippen molar-refractivity contribution in [3.05, 3.63) is 84.6 Å². The van der Waals surface area contributed by atoms with E-state index < -0.39 is 0 Å². The molecule has 1 amide bonds. The Morgan fingerprint density at radius 3 is 2.53 bits per heavy atom. The summed E-state index contributed by atoms with van der Waals surface area (Å²) in [4.78, 5) is 21.2. The Morgan fingerprint density at radius 1 is 0.933 bits per heavy atom. The Hall–Kier alpha value is -3.93. The SMILES string of the molecule is COc1cccc(CNC(=O)COc2ccc(-c3cnc4ccccc4n3)cc2)c1. The van der Waals surface area contributed by atoms with Gasteiger partial charge in [-0.15, -0.1) is 0 Å². The van der Waals surface area contributed by atoms with Crippen LogP contribution in [0.2, 0.25) is 0 Å². The molecule has 6 heteroatoms. The van der Waals surface area contributed by atoms with Crippen molar-refractivity contribution in [2.24, 2.45) is 0 Å². The number of methoxy groups -OCH3 is 1. The Labute approximate surface area is 174 Å². The van der Waals surface area contributed by atoms with E-state index in [-0.39, 0.29) is 12.5 Å². The molecule has 1 heterocycles. The molecule has 0 unspecified atom stereocenters. The van der Waals surface area contributed by atoms with Crippen LogP contribution in [0.1, 0.15) is 5.56 Å². The number of ether oxygens (including phenoxy) is 2. The number of hydrogen-bond acceptors (Lipinski definition) is 5. The molecule has 4 rings (SSSR count). The third-order valence-electron chi connectivity index (χ3n) is 4.59. The Bertz CT molecular complexity index is 1160. The fraction of sp³-hybridized carbons (Fsp3) is 0.125. The van der Waals surface area contributed by atoms with E-state index >= 15 is 0 Å². The lowest BCUT2D eigenvalue weighted by Crippen LogP contribution is -2.28. The van der Waals surface area contributed by atoms with Crippen LogP contribution in [0.5, 0.6) is 11.5 Å². The molecule has 0 spiro atoms. The number of hydrogen-bond donors (Lipinski definition) is 1. The maximum atomic E-state index is 12.1. The molecule has 0 saturated carbocycles. The molecule has 4 aromatic rings. The van der Waals surface area contributed by atoms with Gasteiger partial charge in [-0.3, -0.25) is 9.78 Å². The first-order chi connectivity index (χ1) is 14.7. The van der Waals surface area contributed by atoms with Crippen LogP contribution in [0.25, 0.3) is 22.3 Å². The Morgan fingerprint density at radius 2 is 1.73 bits per heavy atom. The first-order valence-corrected chi connectivity index (χ1v) is 9.56. The third kappa shape index (κ3) is 4.72. The van der Waals surface area contributed by atoms with Crippen molar-refractivity contribution < 1.29 is 14.3 Å². The fourth-order valence-electron chi connectivity index (χ4n) is 3.00. The predicted molar refractivity (Wildman–Crippen MR) is 115 cm³/mol. The number of amides is 1. The minimum atomic E-state index is -0.192. The summed E-state index contributed by atoms with van der Waals surface area (Å²) in [6.07, 6.45) is 1.75.